The van der Waals surface area contributed by atoms with Gasteiger partial charge in [0.15, 0.2) is 0 Å². The number of benzene rings is 1. The summed E-state index contributed by atoms with van der Waals surface area (Å²) in [6.07, 6.45) is 3.34. The smallest absolute Gasteiger partial charge is 0.259 e. The van der Waals surface area contributed by atoms with Crippen molar-refractivity contribution in [3.05, 3.63) is 105 Å². The molecule has 1 aliphatic heterocycles. The number of aryl methyl sites for hydroxylation is 1. The van der Waals surface area contributed by atoms with E-state index in [4.69, 9.17) is 10.5 Å². The average Bonchev–Trinajstić information content (AvgIpc) is 2.71. The number of hydrogen-bond donors (Lipinski definition) is 1. The van der Waals surface area contributed by atoms with E-state index in [-0.39, 0.29) is 28.3 Å². The van der Waals surface area contributed by atoms with E-state index in [0.29, 0.717) is 17.8 Å². The quantitative estimate of drug-likeness (QED) is 0.744. The van der Waals surface area contributed by atoms with Gasteiger partial charge in [0.2, 0.25) is 5.88 Å². The Labute approximate surface area is 166 Å². The van der Waals surface area contributed by atoms with Crippen LogP contribution in [0.2, 0.25) is 0 Å². The van der Waals surface area contributed by atoms with Gasteiger partial charge in [-0.2, -0.15) is 5.26 Å². The monoisotopic (exact) mass is 388 g/mol. The molecule has 3 aromatic rings. The van der Waals surface area contributed by atoms with Crippen molar-refractivity contribution in [3.63, 3.8) is 0 Å². The van der Waals surface area contributed by atoms with Crippen molar-refractivity contribution in [2.24, 2.45) is 5.73 Å². The summed E-state index contributed by atoms with van der Waals surface area (Å²) in [5.41, 5.74) is 7.96. The van der Waals surface area contributed by atoms with Gasteiger partial charge in [-0.15, -0.1) is 0 Å². The molecule has 29 heavy (non-hydrogen) atoms. The van der Waals surface area contributed by atoms with Gasteiger partial charge in [0.05, 0.1) is 18.0 Å². The number of nitrogens with zero attached hydrogens (tertiary/aromatic N) is 3. The highest BCUT2D eigenvalue weighted by molar-refractivity contribution is 5.55. The predicted octanol–water partition coefficient (Wildman–Crippen LogP) is 2.96. The van der Waals surface area contributed by atoms with Crippen LogP contribution in [-0.4, -0.2) is 9.55 Å². The largest absolute Gasteiger partial charge is 0.440 e. The summed E-state index contributed by atoms with van der Waals surface area (Å²) in [5, 5.41) is 9.66. The molecule has 1 aromatic carbocycles. The molecule has 0 spiro atoms. The summed E-state index contributed by atoms with van der Waals surface area (Å²) < 4.78 is 21.1. The Kier molecular flexibility index (Phi) is 4.61. The second kappa shape index (κ2) is 7.24. The van der Waals surface area contributed by atoms with Crippen molar-refractivity contribution >= 4 is 0 Å². The Bertz CT molecular complexity index is 1230. The molecule has 6 nitrogen and oxygen atoms in total. The molecule has 0 radical (unpaired) electrons. The molecule has 0 saturated heterocycles. The van der Waals surface area contributed by atoms with Crippen LogP contribution in [0.3, 0.4) is 0 Å². The molecule has 3 heterocycles. The van der Waals surface area contributed by atoms with Crippen molar-refractivity contribution in [1.29, 1.82) is 5.26 Å². The number of pyridine rings is 2. The van der Waals surface area contributed by atoms with E-state index in [1.807, 2.05) is 12.1 Å². The summed E-state index contributed by atoms with van der Waals surface area (Å²) in [7, 11) is 0. The minimum Gasteiger partial charge on any atom is -0.440 e. The average molecular weight is 388 g/mol. The van der Waals surface area contributed by atoms with E-state index < -0.39 is 11.7 Å². The van der Waals surface area contributed by atoms with Crippen LogP contribution < -0.4 is 16.0 Å². The number of allylic oxidation sites excluding steroid dienone is 1. The highest BCUT2D eigenvalue weighted by Crippen LogP contribution is 2.40. The predicted molar refractivity (Wildman–Crippen MR) is 104 cm³/mol. The Morgan fingerprint density at radius 2 is 2.14 bits per heavy atom. The lowest BCUT2D eigenvalue weighted by Crippen LogP contribution is -2.33. The van der Waals surface area contributed by atoms with Crippen LogP contribution in [0.1, 0.15) is 28.3 Å². The molecular weight excluding hydrogens is 371 g/mol. The van der Waals surface area contributed by atoms with E-state index in [1.54, 1.807) is 42.1 Å². The van der Waals surface area contributed by atoms with Gasteiger partial charge in [0, 0.05) is 24.2 Å². The van der Waals surface area contributed by atoms with Crippen LogP contribution in [0.25, 0.3) is 0 Å². The Morgan fingerprint density at radius 3 is 2.83 bits per heavy atom. The van der Waals surface area contributed by atoms with Crippen LogP contribution in [0, 0.1) is 24.1 Å². The van der Waals surface area contributed by atoms with Crippen LogP contribution in [0.5, 0.6) is 5.75 Å². The number of halogens is 1. The van der Waals surface area contributed by atoms with Gasteiger partial charge in [0.25, 0.3) is 5.56 Å². The zero-order valence-electron chi connectivity index (χ0n) is 15.6. The zero-order chi connectivity index (χ0) is 20.5. The molecule has 0 saturated carbocycles. The molecule has 2 N–H and O–H groups in total. The third kappa shape index (κ3) is 3.25. The molecule has 1 atom stereocenters. The van der Waals surface area contributed by atoms with Crippen molar-refractivity contribution in [2.75, 3.05) is 0 Å². The zero-order valence-corrected chi connectivity index (χ0v) is 15.6. The molecule has 0 bridgehead atoms. The first-order valence-corrected chi connectivity index (χ1v) is 8.96. The van der Waals surface area contributed by atoms with E-state index in [1.165, 1.54) is 18.2 Å². The van der Waals surface area contributed by atoms with Crippen LogP contribution in [-0.2, 0) is 6.54 Å². The summed E-state index contributed by atoms with van der Waals surface area (Å²) >= 11 is 0. The standard InChI is InChI=1S/C22H17FN4O2/c1-13-8-18-20(22(28)27(13)12-14-4-3-7-26-11-14)19(17(10-24)21(25)29-18)15-5-2-6-16(23)9-15/h2-9,11,19H,12,25H2,1H3. The molecule has 1 unspecified atom stereocenters. The maximum absolute atomic E-state index is 13.9. The normalized spacial score (nSPS) is 15.4. The van der Waals surface area contributed by atoms with Gasteiger partial charge < -0.3 is 15.0 Å². The number of ether oxygens (including phenoxy) is 1. The maximum Gasteiger partial charge on any atom is 0.259 e. The SMILES string of the molecule is Cc1cc2c(c(=O)n1Cc1cccnc1)C(c1cccc(F)c1)C(C#N)=C(N)O2. The number of rotatable bonds is 3. The highest BCUT2D eigenvalue weighted by atomic mass is 19.1. The van der Waals surface area contributed by atoms with Crippen molar-refractivity contribution in [1.82, 2.24) is 9.55 Å². The number of fused-ring (bicyclic) bond motifs is 1. The van der Waals surface area contributed by atoms with Crippen LogP contribution in [0.15, 0.2) is 71.1 Å². The molecule has 1 aliphatic rings. The molecular formula is C22H17FN4O2. The van der Waals surface area contributed by atoms with E-state index in [9.17, 15) is 14.4 Å². The highest BCUT2D eigenvalue weighted by Gasteiger charge is 2.34. The molecule has 0 aliphatic carbocycles. The first kappa shape index (κ1) is 18.4. The number of nitrogens with two attached hydrogens (primary N) is 1. The van der Waals surface area contributed by atoms with E-state index >= 15 is 0 Å². The lowest BCUT2D eigenvalue weighted by molar-refractivity contribution is 0.388. The fourth-order valence-electron chi connectivity index (χ4n) is 3.58. The Morgan fingerprint density at radius 1 is 1.31 bits per heavy atom. The molecule has 7 heteroatoms. The Hall–Kier alpha value is -3.92. The van der Waals surface area contributed by atoms with Gasteiger partial charge in [-0.05, 0) is 36.2 Å². The minimum absolute atomic E-state index is 0.0805. The summed E-state index contributed by atoms with van der Waals surface area (Å²) in [4.78, 5) is 17.6. The third-order valence-electron chi connectivity index (χ3n) is 4.94. The molecule has 4 rings (SSSR count). The van der Waals surface area contributed by atoms with Crippen LogP contribution in [0.4, 0.5) is 4.39 Å². The lowest BCUT2D eigenvalue weighted by Gasteiger charge is -2.27. The number of nitriles is 1. The molecule has 0 fully saturated rings. The number of aromatic nitrogens is 2. The van der Waals surface area contributed by atoms with Crippen LogP contribution >= 0.6 is 0 Å². The van der Waals surface area contributed by atoms with E-state index in [2.05, 4.69) is 4.98 Å². The van der Waals surface area contributed by atoms with Gasteiger partial charge in [0.1, 0.15) is 23.2 Å². The molecule has 0 amide bonds. The topological polar surface area (TPSA) is 93.9 Å². The van der Waals surface area contributed by atoms with Crippen molar-refractivity contribution in [2.45, 2.75) is 19.4 Å². The van der Waals surface area contributed by atoms with Gasteiger partial charge >= 0.3 is 0 Å². The fraction of sp³-hybridized carbons (Fsp3) is 0.136. The molecule has 2 aromatic heterocycles. The van der Waals surface area contributed by atoms with Gasteiger partial charge in [-0.3, -0.25) is 9.78 Å². The summed E-state index contributed by atoms with van der Waals surface area (Å²) in [6, 6.07) is 13.2. The first-order chi connectivity index (χ1) is 14.0. The van der Waals surface area contributed by atoms with Gasteiger partial charge in [-0.1, -0.05) is 18.2 Å². The Balaban J connectivity index is 1.94. The molecule has 144 valence electrons. The second-order valence-electron chi connectivity index (χ2n) is 6.80. The maximum atomic E-state index is 13.9. The fourth-order valence-corrected chi connectivity index (χ4v) is 3.58. The second-order valence-corrected chi connectivity index (χ2v) is 6.80. The summed E-state index contributed by atoms with van der Waals surface area (Å²) in [5.74, 6) is -1.08. The third-order valence-corrected chi connectivity index (χ3v) is 4.94. The van der Waals surface area contributed by atoms with Crippen molar-refractivity contribution in [3.8, 4) is 11.8 Å². The minimum atomic E-state index is -0.812. The van der Waals surface area contributed by atoms with E-state index in [0.717, 1.165) is 5.56 Å². The summed E-state index contributed by atoms with van der Waals surface area (Å²) in [6.45, 7) is 2.10. The van der Waals surface area contributed by atoms with Crippen molar-refractivity contribution < 1.29 is 9.13 Å². The number of hydrogen-bond acceptors (Lipinski definition) is 5. The lowest BCUT2D eigenvalue weighted by atomic mass is 9.84. The first-order valence-electron chi connectivity index (χ1n) is 8.96. The van der Waals surface area contributed by atoms with Gasteiger partial charge in [-0.25, -0.2) is 4.39 Å².